The monoisotopic (exact) mass is 346 g/mol. The second kappa shape index (κ2) is 5.91. The van der Waals surface area contributed by atoms with E-state index in [1.807, 2.05) is 18.2 Å². The van der Waals surface area contributed by atoms with Crippen molar-refractivity contribution in [2.45, 2.75) is 31.8 Å². The number of anilines is 2. The molecule has 0 spiro atoms. The summed E-state index contributed by atoms with van der Waals surface area (Å²) in [4.78, 5) is 0. The predicted molar refractivity (Wildman–Crippen MR) is 80.0 cm³/mol. The van der Waals surface area contributed by atoms with Crippen LogP contribution in [0.2, 0.25) is 0 Å². The van der Waals surface area contributed by atoms with Crippen LogP contribution in [0.4, 0.5) is 11.4 Å². The van der Waals surface area contributed by atoms with Gasteiger partial charge in [-0.2, -0.15) is 0 Å². The zero-order chi connectivity index (χ0) is 12.3. The van der Waals surface area contributed by atoms with Crippen molar-refractivity contribution in [1.29, 1.82) is 0 Å². The molecule has 17 heavy (non-hydrogen) atoms. The molecular weight excluding hydrogens is 327 g/mol. The third kappa shape index (κ3) is 3.74. The standard InChI is InChI=1S/C13H19IN2O/c14-12-7-10(15)4-5-13(12)16-8-9-2-1-3-11(17)6-9/h4-5,7,9,11,16-17H,1-3,6,8,15H2. The van der Waals surface area contributed by atoms with E-state index in [9.17, 15) is 5.11 Å². The molecule has 1 saturated carbocycles. The van der Waals surface area contributed by atoms with Crippen LogP contribution in [-0.4, -0.2) is 17.8 Å². The largest absolute Gasteiger partial charge is 0.399 e. The van der Waals surface area contributed by atoms with E-state index in [4.69, 9.17) is 5.73 Å². The number of aliphatic hydroxyl groups excluding tert-OH is 1. The number of halogens is 1. The Bertz CT molecular complexity index is 384. The molecule has 0 saturated heterocycles. The Morgan fingerprint density at radius 2 is 2.24 bits per heavy atom. The number of nitrogens with two attached hydrogens (primary N) is 1. The maximum Gasteiger partial charge on any atom is 0.0543 e. The predicted octanol–water partition coefficient (Wildman–Crippen LogP) is 2.84. The molecule has 1 fully saturated rings. The van der Waals surface area contributed by atoms with Crippen LogP contribution in [0.25, 0.3) is 0 Å². The SMILES string of the molecule is Nc1ccc(NCC2CCCC(O)C2)c(I)c1. The molecule has 1 aliphatic rings. The number of hydrogen-bond acceptors (Lipinski definition) is 3. The van der Waals surface area contributed by atoms with Gasteiger partial charge in [0, 0.05) is 21.5 Å². The van der Waals surface area contributed by atoms with Crippen molar-refractivity contribution < 1.29 is 5.11 Å². The average Bonchev–Trinajstić information content (AvgIpc) is 2.28. The average molecular weight is 346 g/mol. The fourth-order valence-electron chi connectivity index (χ4n) is 2.38. The van der Waals surface area contributed by atoms with Gasteiger partial charge in [0.15, 0.2) is 0 Å². The van der Waals surface area contributed by atoms with Crippen LogP contribution in [0, 0.1) is 9.49 Å². The molecule has 0 bridgehead atoms. The molecule has 0 radical (unpaired) electrons. The van der Waals surface area contributed by atoms with Gasteiger partial charge in [0.25, 0.3) is 0 Å². The third-order valence-corrected chi connectivity index (χ3v) is 4.22. The first-order chi connectivity index (χ1) is 8.15. The van der Waals surface area contributed by atoms with Crippen molar-refractivity contribution in [3.8, 4) is 0 Å². The van der Waals surface area contributed by atoms with Gasteiger partial charge in [0.1, 0.15) is 0 Å². The molecule has 0 heterocycles. The van der Waals surface area contributed by atoms with Crippen molar-refractivity contribution in [3.05, 3.63) is 21.8 Å². The lowest BCUT2D eigenvalue weighted by Crippen LogP contribution is -2.25. The minimum absolute atomic E-state index is 0.0963. The summed E-state index contributed by atoms with van der Waals surface area (Å²) < 4.78 is 1.15. The zero-order valence-corrected chi connectivity index (χ0v) is 12.0. The number of benzene rings is 1. The first kappa shape index (κ1) is 13.0. The van der Waals surface area contributed by atoms with Gasteiger partial charge in [-0.15, -0.1) is 0 Å². The molecule has 4 N–H and O–H groups in total. The molecule has 2 atom stereocenters. The second-order valence-corrected chi connectivity index (χ2v) is 5.97. The van der Waals surface area contributed by atoms with E-state index in [-0.39, 0.29) is 6.10 Å². The summed E-state index contributed by atoms with van der Waals surface area (Å²) in [6, 6.07) is 5.91. The third-order valence-electron chi connectivity index (χ3n) is 3.33. The van der Waals surface area contributed by atoms with Crippen LogP contribution < -0.4 is 11.1 Å². The fourth-order valence-corrected chi connectivity index (χ4v) is 3.11. The van der Waals surface area contributed by atoms with Crippen LogP contribution in [0.3, 0.4) is 0 Å². The first-order valence-electron chi connectivity index (χ1n) is 6.12. The minimum atomic E-state index is -0.0963. The molecule has 0 aromatic heterocycles. The summed E-state index contributed by atoms with van der Waals surface area (Å²) >= 11 is 2.29. The van der Waals surface area contributed by atoms with E-state index in [2.05, 4.69) is 27.9 Å². The Morgan fingerprint density at radius 1 is 1.41 bits per heavy atom. The normalized spacial score (nSPS) is 24.6. The van der Waals surface area contributed by atoms with Gasteiger partial charge in [0.05, 0.1) is 6.10 Å². The van der Waals surface area contributed by atoms with Crippen LogP contribution in [-0.2, 0) is 0 Å². The summed E-state index contributed by atoms with van der Waals surface area (Å²) in [6.07, 6.45) is 4.16. The van der Waals surface area contributed by atoms with Crippen molar-refractivity contribution in [2.75, 3.05) is 17.6 Å². The van der Waals surface area contributed by atoms with Crippen molar-refractivity contribution >= 4 is 34.0 Å². The van der Waals surface area contributed by atoms with E-state index in [1.54, 1.807) is 0 Å². The highest BCUT2D eigenvalue weighted by Gasteiger charge is 2.19. The lowest BCUT2D eigenvalue weighted by molar-refractivity contribution is 0.105. The number of nitrogen functional groups attached to an aromatic ring is 1. The second-order valence-electron chi connectivity index (χ2n) is 4.81. The van der Waals surface area contributed by atoms with Gasteiger partial charge < -0.3 is 16.2 Å². The maximum atomic E-state index is 9.62. The van der Waals surface area contributed by atoms with Gasteiger partial charge >= 0.3 is 0 Å². The van der Waals surface area contributed by atoms with Crippen LogP contribution in [0.5, 0.6) is 0 Å². The van der Waals surface area contributed by atoms with Gasteiger partial charge in [-0.05, 0) is 66.0 Å². The van der Waals surface area contributed by atoms with Crippen LogP contribution >= 0.6 is 22.6 Å². The van der Waals surface area contributed by atoms with E-state index >= 15 is 0 Å². The molecule has 1 aromatic carbocycles. The minimum Gasteiger partial charge on any atom is -0.399 e. The van der Waals surface area contributed by atoms with E-state index in [1.165, 1.54) is 6.42 Å². The smallest absolute Gasteiger partial charge is 0.0543 e. The van der Waals surface area contributed by atoms with Crippen molar-refractivity contribution in [2.24, 2.45) is 5.92 Å². The maximum absolute atomic E-state index is 9.62. The molecule has 3 nitrogen and oxygen atoms in total. The van der Waals surface area contributed by atoms with Gasteiger partial charge in [-0.3, -0.25) is 0 Å². The van der Waals surface area contributed by atoms with Gasteiger partial charge in [-0.25, -0.2) is 0 Å². The van der Waals surface area contributed by atoms with Gasteiger partial charge in [0.2, 0.25) is 0 Å². The molecule has 2 unspecified atom stereocenters. The number of rotatable bonds is 3. The Morgan fingerprint density at radius 3 is 2.94 bits per heavy atom. The molecular formula is C13H19IN2O. The molecule has 94 valence electrons. The Kier molecular flexibility index (Phi) is 4.50. The van der Waals surface area contributed by atoms with Crippen LogP contribution in [0.15, 0.2) is 18.2 Å². The first-order valence-corrected chi connectivity index (χ1v) is 7.20. The van der Waals surface area contributed by atoms with E-state index in [0.717, 1.165) is 40.8 Å². The quantitative estimate of drug-likeness (QED) is 0.583. The summed E-state index contributed by atoms with van der Waals surface area (Å²) in [6.45, 7) is 0.941. The van der Waals surface area contributed by atoms with Crippen LogP contribution in [0.1, 0.15) is 25.7 Å². The highest BCUT2D eigenvalue weighted by Crippen LogP contribution is 2.26. The summed E-state index contributed by atoms with van der Waals surface area (Å²) in [5, 5.41) is 13.1. The zero-order valence-electron chi connectivity index (χ0n) is 9.82. The van der Waals surface area contributed by atoms with E-state index in [0.29, 0.717) is 5.92 Å². The van der Waals surface area contributed by atoms with Gasteiger partial charge in [-0.1, -0.05) is 6.42 Å². The number of hydrogen-bond donors (Lipinski definition) is 3. The van der Waals surface area contributed by atoms with E-state index < -0.39 is 0 Å². The molecule has 2 rings (SSSR count). The summed E-state index contributed by atoms with van der Waals surface area (Å²) in [7, 11) is 0. The number of aliphatic hydroxyl groups is 1. The molecule has 1 aromatic rings. The fraction of sp³-hybridized carbons (Fsp3) is 0.538. The Hall–Kier alpha value is -0.490. The molecule has 4 heteroatoms. The van der Waals surface area contributed by atoms with Crippen molar-refractivity contribution in [1.82, 2.24) is 0 Å². The summed E-state index contributed by atoms with van der Waals surface area (Å²) in [5.41, 5.74) is 7.66. The Balaban J connectivity index is 1.88. The lowest BCUT2D eigenvalue weighted by atomic mass is 9.87. The molecule has 0 amide bonds. The summed E-state index contributed by atoms with van der Waals surface area (Å²) in [5.74, 6) is 0.590. The highest BCUT2D eigenvalue weighted by atomic mass is 127. The molecule has 0 aliphatic heterocycles. The Labute approximate surface area is 116 Å². The number of nitrogens with one attached hydrogen (secondary N) is 1. The lowest BCUT2D eigenvalue weighted by Gasteiger charge is -2.26. The van der Waals surface area contributed by atoms with Crippen molar-refractivity contribution in [3.63, 3.8) is 0 Å². The molecule has 1 aliphatic carbocycles. The topological polar surface area (TPSA) is 58.3 Å². The highest BCUT2D eigenvalue weighted by molar-refractivity contribution is 14.1.